The van der Waals surface area contributed by atoms with Gasteiger partial charge in [-0.1, -0.05) is 0 Å². The highest BCUT2D eigenvalue weighted by atomic mass is 19.3. The minimum Gasteiger partial charge on any atom is -0.493 e. The predicted molar refractivity (Wildman–Crippen MR) is 59.2 cm³/mol. The molecule has 0 aliphatic heterocycles. The Morgan fingerprint density at radius 2 is 2.11 bits per heavy atom. The van der Waals surface area contributed by atoms with Crippen molar-refractivity contribution < 1.29 is 23.2 Å². The van der Waals surface area contributed by atoms with Crippen LogP contribution in [-0.2, 0) is 0 Å². The van der Waals surface area contributed by atoms with Crippen molar-refractivity contribution in [3.63, 3.8) is 0 Å². The lowest BCUT2D eigenvalue weighted by atomic mass is 10.1. The third-order valence-corrected chi connectivity index (χ3v) is 2.24. The van der Waals surface area contributed by atoms with E-state index < -0.39 is 28.4 Å². The monoisotopic (exact) mass is 259 g/mol. The molecular weight excluding hydrogens is 248 g/mol. The predicted octanol–water partition coefficient (Wildman–Crippen LogP) is 3.13. The van der Waals surface area contributed by atoms with Crippen LogP contribution in [0, 0.1) is 10.1 Å². The summed E-state index contributed by atoms with van der Waals surface area (Å²) < 4.78 is 30.4. The van der Waals surface area contributed by atoms with E-state index in [2.05, 4.69) is 0 Å². The Bertz CT molecular complexity index is 488. The normalized spacial score (nSPS) is 10.5. The van der Waals surface area contributed by atoms with Crippen LogP contribution < -0.4 is 4.74 Å². The number of nitro benzene ring substituents is 1. The van der Waals surface area contributed by atoms with Gasteiger partial charge in [-0.2, -0.15) is 0 Å². The number of benzene rings is 1. The van der Waals surface area contributed by atoms with Crippen LogP contribution in [0.5, 0.6) is 5.75 Å². The molecule has 0 spiro atoms. The van der Waals surface area contributed by atoms with Crippen molar-refractivity contribution in [1.82, 2.24) is 0 Å². The van der Waals surface area contributed by atoms with Crippen molar-refractivity contribution in [3.05, 3.63) is 33.4 Å². The van der Waals surface area contributed by atoms with E-state index in [9.17, 15) is 23.7 Å². The summed E-state index contributed by atoms with van der Waals surface area (Å²) in [6.45, 7) is 2.97. The van der Waals surface area contributed by atoms with E-state index in [1.54, 1.807) is 6.92 Å². The minimum absolute atomic E-state index is 0.0640. The van der Waals surface area contributed by atoms with Crippen LogP contribution in [0.2, 0.25) is 0 Å². The SMILES string of the molecule is CCOc1cc(C(F)F)c([N+](=O)[O-])cc1C(C)=O. The Morgan fingerprint density at radius 3 is 2.50 bits per heavy atom. The summed E-state index contributed by atoms with van der Waals surface area (Å²) in [5, 5.41) is 10.7. The Kier molecular flexibility index (Phi) is 4.30. The van der Waals surface area contributed by atoms with Crippen molar-refractivity contribution >= 4 is 11.5 Å². The molecule has 18 heavy (non-hydrogen) atoms. The first-order chi connectivity index (χ1) is 8.38. The second-order valence-corrected chi connectivity index (χ2v) is 3.45. The van der Waals surface area contributed by atoms with Gasteiger partial charge in [0.25, 0.3) is 12.1 Å². The molecule has 7 heteroatoms. The molecule has 1 aromatic carbocycles. The zero-order valence-corrected chi connectivity index (χ0v) is 9.78. The fourth-order valence-electron chi connectivity index (χ4n) is 1.47. The molecule has 0 aliphatic rings. The number of alkyl halides is 2. The van der Waals surface area contributed by atoms with Crippen LogP contribution in [0.4, 0.5) is 14.5 Å². The van der Waals surface area contributed by atoms with Crippen LogP contribution in [0.1, 0.15) is 36.2 Å². The number of hydrogen-bond donors (Lipinski definition) is 0. The molecule has 1 aromatic rings. The number of halogens is 2. The molecule has 98 valence electrons. The number of ketones is 1. The maximum Gasteiger partial charge on any atom is 0.279 e. The highest BCUT2D eigenvalue weighted by Crippen LogP contribution is 2.35. The van der Waals surface area contributed by atoms with E-state index in [1.165, 1.54) is 6.92 Å². The highest BCUT2D eigenvalue weighted by molar-refractivity contribution is 5.97. The number of nitro groups is 1. The second kappa shape index (κ2) is 5.52. The van der Waals surface area contributed by atoms with Gasteiger partial charge in [-0.25, -0.2) is 8.78 Å². The van der Waals surface area contributed by atoms with Gasteiger partial charge in [0.2, 0.25) is 0 Å². The number of hydrogen-bond acceptors (Lipinski definition) is 4. The summed E-state index contributed by atoms with van der Waals surface area (Å²) in [4.78, 5) is 21.1. The quantitative estimate of drug-likeness (QED) is 0.462. The molecule has 0 bridgehead atoms. The molecule has 0 unspecified atom stereocenters. The second-order valence-electron chi connectivity index (χ2n) is 3.45. The molecule has 0 heterocycles. The number of carbonyl (C=O) groups is 1. The van der Waals surface area contributed by atoms with Gasteiger partial charge in [0.15, 0.2) is 5.78 Å². The van der Waals surface area contributed by atoms with Crippen molar-refractivity contribution in [3.8, 4) is 5.75 Å². The summed E-state index contributed by atoms with van der Waals surface area (Å²) in [6.07, 6.45) is -3.01. The number of rotatable bonds is 5. The number of ether oxygens (including phenoxy) is 1. The van der Waals surface area contributed by atoms with Gasteiger partial charge in [0, 0.05) is 6.07 Å². The lowest BCUT2D eigenvalue weighted by Gasteiger charge is -2.10. The summed E-state index contributed by atoms with van der Waals surface area (Å²) in [5.41, 5.74) is -1.61. The molecule has 0 saturated heterocycles. The Balaban J connectivity index is 3.49. The van der Waals surface area contributed by atoms with Crippen LogP contribution in [-0.4, -0.2) is 17.3 Å². The molecule has 0 aliphatic carbocycles. The van der Waals surface area contributed by atoms with Crippen molar-refractivity contribution in [2.75, 3.05) is 6.61 Å². The standard InChI is InChI=1S/C11H11F2NO4/c1-3-18-10-5-8(11(12)13)9(14(16)17)4-7(10)6(2)15/h4-5,11H,3H2,1-2H3. The minimum atomic E-state index is -3.01. The van der Waals surface area contributed by atoms with E-state index in [0.29, 0.717) is 0 Å². The van der Waals surface area contributed by atoms with Gasteiger partial charge < -0.3 is 4.74 Å². The molecule has 0 aromatic heterocycles. The van der Waals surface area contributed by atoms with Crippen molar-refractivity contribution in [1.29, 1.82) is 0 Å². The smallest absolute Gasteiger partial charge is 0.279 e. The van der Waals surface area contributed by atoms with Crippen LogP contribution >= 0.6 is 0 Å². The first-order valence-corrected chi connectivity index (χ1v) is 5.12. The lowest BCUT2D eigenvalue weighted by molar-refractivity contribution is -0.386. The third-order valence-electron chi connectivity index (χ3n) is 2.24. The summed E-state index contributed by atoms with van der Waals surface area (Å²) in [6, 6.07) is 1.68. The van der Waals surface area contributed by atoms with Gasteiger partial charge in [0.1, 0.15) is 5.75 Å². The van der Waals surface area contributed by atoms with Gasteiger partial charge in [0.05, 0.1) is 22.7 Å². The average Bonchev–Trinajstić information content (AvgIpc) is 2.28. The number of nitrogens with zero attached hydrogens (tertiary/aromatic N) is 1. The zero-order chi connectivity index (χ0) is 13.9. The molecule has 0 saturated carbocycles. The van der Waals surface area contributed by atoms with E-state index in [4.69, 9.17) is 4.74 Å². The van der Waals surface area contributed by atoms with Gasteiger partial charge >= 0.3 is 0 Å². The van der Waals surface area contributed by atoms with Gasteiger partial charge in [-0.05, 0) is 19.9 Å². The first kappa shape index (κ1) is 14.0. The Labute approximate surface area is 102 Å². The molecule has 0 radical (unpaired) electrons. The largest absolute Gasteiger partial charge is 0.493 e. The van der Waals surface area contributed by atoms with E-state index in [0.717, 1.165) is 12.1 Å². The molecule has 0 N–H and O–H groups in total. The van der Waals surface area contributed by atoms with E-state index >= 15 is 0 Å². The fraction of sp³-hybridized carbons (Fsp3) is 0.364. The van der Waals surface area contributed by atoms with Crippen molar-refractivity contribution in [2.24, 2.45) is 0 Å². The molecular formula is C11H11F2NO4. The summed E-state index contributed by atoms with van der Waals surface area (Å²) in [7, 11) is 0. The van der Waals surface area contributed by atoms with Gasteiger partial charge in [-0.15, -0.1) is 0 Å². The maximum atomic E-state index is 12.7. The maximum absolute atomic E-state index is 12.7. The molecule has 5 nitrogen and oxygen atoms in total. The van der Waals surface area contributed by atoms with Crippen molar-refractivity contribution in [2.45, 2.75) is 20.3 Å². The third kappa shape index (κ3) is 2.79. The number of Topliss-reactive ketones (excluding diaryl/α,β-unsaturated/α-hetero) is 1. The molecule has 0 atom stereocenters. The summed E-state index contributed by atoms with van der Waals surface area (Å²) >= 11 is 0. The zero-order valence-electron chi connectivity index (χ0n) is 9.78. The topological polar surface area (TPSA) is 69.4 Å². The highest BCUT2D eigenvalue weighted by Gasteiger charge is 2.26. The van der Waals surface area contributed by atoms with Crippen LogP contribution in [0.15, 0.2) is 12.1 Å². The number of carbonyl (C=O) groups excluding carboxylic acids is 1. The molecule has 0 fully saturated rings. The molecule has 0 amide bonds. The Hall–Kier alpha value is -2.05. The van der Waals surface area contributed by atoms with E-state index in [-0.39, 0.29) is 17.9 Å². The lowest BCUT2D eigenvalue weighted by Crippen LogP contribution is -2.05. The van der Waals surface area contributed by atoms with Crippen LogP contribution in [0.3, 0.4) is 0 Å². The molecule has 1 rings (SSSR count). The van der Waals surface area contributed by atoms with E-state index in [1.807, 2.05) is 0 Å². The van der Waals surface area contributed by atoms with Gasteiger partial charge in [-0.3, -0.25) is 14.9 Å². The Morgan fingerprint density at radius 1 is 1.50 bits per heavy atom. The fourth-order valence-corrected chi connectivity index (χ4v) is 1.47. The first-order valence-electron chi connectivity index (χ1n) is 5.12. The summed E-state index contributed by atoms with van der Waals surface area (Å²) in [5.74, 6) is -0.548. The average molecular weight is 259 g/mol. The van der Waals surface area contributed by atoms with Crippen LogP contribution in [0.25, 0.3) is 0 Å².